The lowest BCUT2D eigenvalue weighted by Crippen LogP contribution is -2.48. The van der Waals surface area contributed by atoms with E-state index in [0.717, 1.165) is 38.2 Å². The molecule has 0 fully saturated rings. The van der Waals surface area contributed by atoms with Crippen LogP contribution in [0.4, 0.5) is 0 Å². The van der Waals surface area contributed by atoms with E-state index in [-0.39, 0.29) is 18.5 Å². The third kappa shape index (κ3) is 5.54. The van der Waals surface area contributed by atoms with E-state index in [0.29, 0.717) is 5.96 Å². The van der Waals surface area contributed by atoms with Crippen LogP contribution in [0, 0.1) is 0 Å². The number of hydrogen-bond donors (Lipinski definition) is 2. The van der Waals surface area contributed by atoms with Crippen molar-refractivity contribution < 1.29 is 4.79 Å². The molecule has 1 atom stereocenters. The first kappa shape index (κ1) is 18.9. The molecule has 1 aromatic carbocycles. The van der Waals surface area contributed by atoms with E-state index >= 15 is 0 Å². The number of carbonyl (C=O) groups excluding carboxylic acids is 1. The summed E-state index contributed by atoms with van der Waals surface area (Å²) in [5.41, 5.74) is 1.26. The molecule has 1 amide bonds. The second-order valence-electron chi connectivity index (χ2n) is 6.85. The number of fused-ring (bicyclic) bond motifs is 1. The summed E-state index contributed by atoms with van der Waals surface area (Å²) in [4.78, 5) is 22.2. The molecule has 1 unspecified atom stereocenters. The van der Waals surface area contributed by atoms with Crippen LogP contribution in [0.15, 0.2) is 41.7 Å². The highest BCUT2D eigenvalue weighted by Gasteiger charge is 2.20. The monoisotopic (exact) mass is 369 g/mol. The fourth-order valence-corrected chi connectivity index (χ4v) is 2.96. The zero-order valence-electron chi connectivity index (χ0n) is 15.9. The van der Waals surface area contributed by atoms with E-state index in [1.165, 1.54) is 5.56 Å². The summed E-state index contributed by atoms with van der Waals surface area (Å²) in [7, 11) is 3.47. The van der Waals surface area contributed by atoms with Crippen LogP contribution >= 0.6 is 0 Å². The maximum Gasteiger partial charge on any atom is 0.243 e. The molecule has 0 saturated carbocycles. The van der Waals surface area contributed by atoms with Gasteiger partial charge < -0.3 is 15.5 Å². The van der Waals surface area contributed by atoms with Crippen LogP contribution < -0.4 is 10.6 Å². The Hall–Kier alpha value is -2.90. The molecule has 144 valence electrons. The molecular formula is C19H27N7O. The quantitative estimate of drug-likeness (QED) is 0.571. The van der Waals surface area contributed by atoms with Crippen LogP contribution in [0.2, 0.25) is 0 Å². The number of aliphatic imine (C=N–C) groups is 1. The number of rotatable bonds is 6. The molecule has 2 aromatic rings. The third-order valence-corrected chi connectivity index (χ3v) is 4.57. The highest BCUT2D eigenvalue weighted by Crippen LogP contribution is 2.11. The number of benzene rings is 1. The minimum atomic E-state index is -0.0265. The van der Waals surface area contributed by atoms with Gasteiger partial charge in [-0.05, 0) is 18.4 Å². The van der Waals surface area contributed by atoms with Crippen LogP contribution in [0.25, 0.3) is 0 Å². The van der Waals surface area contributed by atoms with Crippen molar-refractivity contribution in [2.45, 2.75) is 31.8 Å². The maximum atomic E-state index is 11.9. The summed E-state index contributed by atoms with van der Waals surface area (Å²) >= 11 is 0. The zero-order valence-corrected chi connectivity index (χ0v) is 15.9. The van der Waals surface area contributed by atoms with Gasteiger partial charge in [-0.2, -0.15) is 5.10 Å². The average molecular weight is 369 g/mol. The molecule has 1 aliphatic rings. The third-order valence-electron chi connectivity index (χ3n) is 4.57. The summed E-state index contributed by atoms with van der Waals surface area (Å²) in [6.07, 6.45) is 4.33. The van der Waals surface area contributed by atoms with Crippen molar-refractivity contribution >= 4 is 11.9 Å². The zero-order chi connectivity index (χ0) is 19.1. The molecule has 27 heavy (non-hydrogen) atoms. The molecule has 1 aliphatic heterocycles. The normalized spacial score (nSPS) is 16.5. The topological polar surface area (TPSA) is 87.4 Å². The predicted octanol–water partition coefficient (Wildman–Crippen LogP) is 0.459. The summed E-state index contributed by atoms with van der Waals surface area (Å²) in [6.45, 7) is 1.61. The molecule has 3 rings (SSSR count). The van der Waals surface area contributed by atoms with E-state index in [4.69, 9.17) is 0 Å². The molecule has 8 nitrogen and oxygen atoms in total. The lowest BCUT2D eigenvalue weighted by molar-refractivity contribution is -0.127. The van der Waals surface area contributed by atoms with E-state index in [2.05, 4.69) is 37.8 Å². The molecule has 1 aromatic heterocycles. The first-order valence-electron chi connectivity index (χ1n) is 9.27. The number of nitrogens with zero attached hydrogens (tertiary/aromatic N) is 5. The number of aromatic nitrogens is 3. The summed E-state index contributed by atoms with van der Waals surface area (Å²) < 4.78 is 1.92. The highest BCUT2D eigenvalue weighted by molar-refractivity contribution is 5.84. The predicted molar refractivity (Wildman–Crippen MR) is 104 cm³/mol. The minimum absolute atomic E-state index is 0.0265. The Bertz CT molecular complexity index is 769. The SMILES string of the molecule is CN(C)C(=O)CN=C(NCCc1ccccc1)NC1CCc2ncnn2C1. The molecule has 0 saturated heterocycles. The van der Waals surface area contributed by atoms with Gasteiger partial charge in [-0.1, -0.05) is 30.3 Å². The molecule has 2 heterocycles. The van der Waals surface area contributed by atoms with Gasteiger partial charge in [0.25, 0.3) is 0 Å². The molecule has 0 bridgehead atoms. The van der Waals surface area contributed by atoms with Gasteiger partial charge in [0.2, 0.25) is 5.91 Å². The first-order valence-corrected chi connectivity index (χ1v) is 9.27. The lowest BCUT2D eigenvalue weighted by atomic mass is 10.1. The molecule has 0 spiro atoms. The number of aryl methyl sites for hydroxylation is 1. The van der Waals surface area contributed by atoms with Crippen molar-refractivity contribution in [2.75, 3.05) is 27.2 Å². The molecule has 2 N–H and O–H groups in total. The lowest BCUT2D eigenvalue weighted by Gasteiger charge is -2.25. The van der Waals surface area contributed by atoms with Gasteiger partial charge in [-0.3, -0.25) is 4.79 Å². The minimum Gasteiger partial charge on any atom is -0.356 e. The fourth-order valence-electron chi connectivity index (χ4n) is 2.96. The summed E-state index contributed by atoms with van der Waals surface area (Å²) in [6, 6.07) is 10.5. The maximum absolute atomic E-state index is 11.9. The van der Waals surface area contributed by atoms with E-state index in [9.17, 15) is 4.79 Å². The second-order valence-corrected chi connectivity index (χ2v) is 6.85. The second kappa shape index (κ2) is 9.16. The Labute approximate surface area is 159 Å². The number of amides is 1. The highest BCUT2D eigenvalue weighted by atomic mass is 16.2. The van der Waals surface area contributed by atoms with Gasteiger partial charge in [0.05, 0.1) is 6.54 Å². The Morgan fingerprint density at radius 2 is 2.15 bits per heavy atom. The summed E-state index contributed by atoms with van der Waals surface area (Å²) in [5.74, 6) is 1.66. The Balaban J connectivity index is 1.58. The number of likely N-dealkylation sites (N-methyl/N-ethyl adjacent to an activating group) is 1. The van der Waals surface area contributed by atoms with Crippen molar-refractivity contribution in [1.82, 2.24) is 30.3 Å². The van der Waals surface area contributed by atoms with E-state index in [1.54, 1.807) is 25.3 Å². The first-order chi connectivity index (χ1) is 13.1. The molecule has 0 aliphatic carbocycles. The van der Waals surface area contributed by atoms with Crippen LogP contribution in [-0.2, 0) is 24.2 Å². The van der Waals surface area contributed by atoms with Gasteiger partial charge in [0.15, 0.2) is 5.96 Å². The molecular weight excluding hydrogens is 342 g/mol. The average Bonchev–Trinajstić information content (AvgIpc) is 3.14. The number of guanidine groups is 1. The smallest absolute Gasteiger partial charge is 0.243 e. The van der Waals surface area contributed by atoms with Crippen LogP contribution in [-0.4, -0.2) is 64.8 Å². The van der Waals surface area contributed by atoms with E-state index < -0.39 is 0 Å². The summed E-state index contributed by atoms with van der Waals surface area (Å²) in [5, 5.41) is 11.1. The number of hydrogen-bond acceptors (Lipinski definition) is 4. The van der Waals surface area contributed by atoms with Crippen LogP contribution in [0.3, 0.4) is 0 Å². The fraction of sp³-hybridized carbons (Fsp3) is 0.474. The van der Waals surface area contributed by atoms with Crippen molar-refractivity contribution in [3.8, 4) is 0 Å². The van der Waals surface area contributed by atoms with Gasteiger partial charge in [0, 0.05) is 33.1 Å². The largest absolute Gasteiger partial charge is 0.356 e. The van der Waals surface area contributed by atoms with Crippen molar-refractivity contribution in [2.24, 2.45) is 4.99 Å². The van der Waals surface area contributed by atoms with Crippen LogP contribution in [0.1, 0.15) is 17.8 Å². The molecule has 8 heteroatoms. The molecule has 0 radical (unpaired) electrons. The van der Waals surface area contributed by atoms with Crippen molar-refractivity contribution in [3.63, 3.8) is 0 Å². The Morgan fingerprint density at radius 1 is 1.33 bits per heavy atom. The Morgan fingerprint density at radius 3 is 2.93 bits per heavy atom. The number of carbonyl (C=O) groups is 1. The van der Waals surface area contributed by atoms with Crippen LogP contribution in [0.5, 0.6) is 0 Å². The Kier molecular flexibility index (Phi) is 6.40. The van der Waals surface area contributed by atoms with Gasteiger partial charge in [0.1, 0.15) is 18.7 Å². The number of nitrogens with one attached hydrogen (secondary N) is 2. The van der Waals surface area contributed by atoms with Crippen molar-refractivity contribution in [1.29, 1.82) is 0 Å². The van der Waals surface area contributed by atoms with Gasteiger partial charge >= 0.3 is 0 Å². The van der Waals surface area contributed by atoms with Gasteiger partial charge in [-0.15, -0.1) is 0 Å². The van der Waals surface area contributed by atoms with Crippen molar-refractivity contribution in [3.05, 3.63) is 48.0 Å². The van der Waals surface area contributed by atoms with E-state index in [1.807, 2.05) is 22.9 Å². The standard InChI is InChI=1S/C19H27N7O/c1-25(2)18(27)12-21-19(20-11-10-15-6-4-3-5-7-15)24-16-8-9-17-22-14-23-26(17)13-16/h3-7,14,16H,8-13H2,1-2H3,(H2,20,21,24). The van der Waals surface area contributed by atoms with Gasteiger partial charge in [-0.25, -0.2) is 14.7 Å².